The number of hydrogen-bond donors (Lipinski definition) is 2. The molecule has 27 heavy (non-hydrogen) atoms. The predicted molar refractivity (Wildman–Crippen MR) is 108 cm³/mol. The van der Waals surface area contributed by atoms with Crippen LogP contribution < -0.4 is 4.74 Å². The molecule has 2 rings (SSSR count). The van der Waals surface area contributed by atoms with Crippen LogP contribution in [0, 0.1) is 0 Å². The lowest BCUT2D eigenvalue weighted by Gasteiger charge is -2.26. The van der Waals surface area contributed by atoms with Gasteiger partial charge in [-0.3, -0.25) is 4.79 Å². The first-order chi connectivity index (χ1) is 12.3. The van der Waals surface area contributed by atoms with Crippen molar-refractivity contribution >= 4 is 5.97 Å². The van der Waals surface area contributed by atoms with Gasteiger partial charge in [0.15, 0.2) is 0 Å². The fraction of sp³-hybridized carbons (Fsp3) is 0.435. The number of ether oxygens (including phenoxy) is 1. The SMILES string of the molecule is CC(C(=O)Oc1cc(O)ccc1C(C)(C)C)c1cc(O)ccc1C(C)(C)C. The third-order valence-electron chi connectivity index (χ3n) is 4.65. The summed E-state index contributed by atoms with van der Waals surface area (Å²) in [7, 11) is 0. The number of aromatic hydroxyl groups is 2. The van der Waals surface area contributed by atoms with Gasteiger partial charge in [0.2, 0.25) is 0 Å². The quantitative estimate of drug-likeness (QED) is 0.560. The molecule has 0 aliphatic rings. The molecule has 2 aromatic rings. The number of phenolic OH excluding ortho intramolecular Hbond substituents is 2. The fourth-order valence-electron chi connectivity index (χ4n) is 3.13. The number of carbonyl (C=O) groups excluding carboxylic acids is 1. The molecule has 0 radical (unpaired) electrons. The van der Waals surface area contributed by atoms with Crippen molar-refractivity contribution in [3.63, 3.8) is 0 Å². The zero-order chi connectivity index (χ0) is 20.6. The highest BCUT2D eigenvalue weighted by atomic mass is 16.5. The highest BCUT2D eigenvalue weighted by Crippen LogP contribution is 2.37. The maximum Gasteiger partial charge on any atom is 0.318 e. The van der Waals surface area contributed by atoms with Gasteiger partial charge >= 0.3 is 5.97 Å². The van der Waals surface area contributed by atoms with Crippen LogP contribution in [0.3, 0.4) is 0 Å². The van der Waals surface area contributed by atoms with Gasteiger partial charge in [0.05, 0.1) is 5.92 Å². The molecule has 1 unspecified atom stereocenters. The number of phenols is 2. The van der Waals surface area contributed by atoms with Crippen molar-refractivity contribution in [1.29, 1.82) is 0 Å². The lowest BCUT2D eigenvalue weighted by molar-refractivity contribution is -0.135. The van der Waals surface area contributed by atoms with Gasteiger partial charge in [-0.2, -0.15) is 0 Å². The normalized spacial score (nSPS) is 13.3. The lowest BCUT2D eigenvalue weighted by atomic mass is 9.80. The van der Waals surface area contributed by atoms with Gasteiger partial charge in [0.1, 0.15) is 17.2 Å². The number of benzene rings is 2. The molecule has 0 heterocycles. The molecule has 0 aliphatic carbocycles. The zero-order valence-electron chi connectivity index (χ0n) is 17.3. The Balaban J connectivity index is 2.41. The third kappa shape index (κ3) is 4.82. The summed E-state index contributed by atoms with van der Waals surface area (Å²) in [5.41, 5.74) is 2.14. The largest absolute Gasteiger partial charge is 0.508 e. The summed E-state index contributed by atoms with van der Waals surface area (Å²) in [5, 5.41) is 19.8. The standard InChI is InChI=1S/C23H30O4/c1-14(17-12-15(24)8-10-18(17)22(2,3)4)21(26)27-20-13-16(25)9-11-19(20)23(5,6)7/h8-14,24-25H,1-7H3. The van der Waals surface area contributed by atoms with Crippen molar-refractivity contribution in [1.82, 2.24) is 0 Å². The van der Waals surface area contributed by atoms with Gasteiger partial charge in [-0.25, -0.2) is 0 Å². The molecule has 146 valence electrons. The molecule has 0 aliphatic heterocycles. The number of carbonyl (C=O) groups is 1. The molecule has 1 atom stereocenters. The molecule has 4 nitrogen and oxygen atoms in total. The summed E-state index contributed by atoms with van der Waals surface area (Å²) in [6.07, 6.45) is 0. The van der Waals surface area contributed by atoms with Crippen molar-refractivity contribution in [3.05, 3.63) is 53.1 Å². The summed E-state index contributed by atoms with van der Waals surface area (Å²) >= 11 is 0. The van der Waals surface area contributed by atoms with E-state index in [0.29, 0.717) is 5.75 Å². The first-order valence-corrected chi connectivity index (χ1v) is 9.19. The predicted octanol–water partition coefficient (Wildman–Crippen LogP) is 5.40. The average Bonchev–Trinajstić information content (AvgIpc) is 2.51. The molecule has 0 aromatic heterocycles. The Morgan fingerprint density at radius 2 is 1.33 bits per heavy atom. The maximum atomic E-state index is 12.9. The first kappa shape index (κ1) is 20.8. The second kappa shape index (κ2) is 7.26. The number of hydrogen-bond acceptors (Lipinski definition) is 4. The topological polar surface area (TPSA) is 66.8 Å². The van der Waals surface area contributed by atoms with E-state index < -0.39 is 11.9 Å². The van der Waals surface area contributed by atoms with E-state index in [1.54, 1.807) is 31.2 Å². The lowest BCUT2D eigenvalue weighted by Crippen LogP contribution is -2.23. The monoisotopic (exact) mass is 370 g/mol. The summed E-state index contributed by atoms with van der Waals surface area (Å²) in [6.45, 7) is 14.0. The van der Waals surface area contributed by atoms with Crippen molar-refractivity contribution in [2.75, 3.05) is 0 Å². The molecule has 0 saturated carbocycles. The van der Waals surface area contributed by atoms with E-state index >= 15 is 0 Å². The van der Waals surface area contributed by atoms with E-state index in [4.69, 9.17) is 4.74 Å². The van der Waals surface area contributed by atoms with Crippen molar-refractivity contribution in [2.45, 2.75) is 65.2 Å². The van der Waals surface area contributed by atoms with E-state index in [0.717, 1.165) is 16.7 Å². The van der Waals surface area contributed by atoms with Gasteiger partial charge in [-0.05, 0) is 47.1 Å². The van der Waals surface area contributed by atoms with Crippen molar-refractivity contribution in [2.24, 2.45) is 0 Å². The van der Waals surface area contributed by atoms with E-state index in [2.05, 4.69) is 20.8 Å². The van der Waals surface area contributed by atoms with Crippen molar-refractivity contribution < 1.29 is 19.7 Å². The molecule has 2 N–H and O–H groups in total. The Morgan fingerprint density at radius 3 is 1.85 bits per heavy atom. The first-order valence-electron chi connectivity index (χ1n) is 9.19. The van der Waals surface area contributed by atoms with Crippen molar-refractivity contribution in [3.8, 4) is 17.2 Å². The Kier molecular flexibility index (Phi) is 5.60. The summed E-state index contributed by atoms with van der Waals surface area (Å²) in [5.74, 6) is -0.475. The van der Waals surface area contributed by atoms with Gasteiger partial charge in [-0.1, -0.05) is 53.7 Å². The summed E-state index contributed by atoms with van der Waals surface area (Å²) in [6, 6.07) is 9.95. The Hall–Kier alpha value is -2.49. The second-order valence-corrected chi connectivity index (χ2v) is 9.09. The van der Waals surface area contributed by atoms with Crippen LogP contribution >= 0.6 is 0 Å². The summed E-state index contributed by atoms with van der Waals surface area (Å²) < 4.78 is 5.70. The fourth-order valence-corrected chi connectivity index (χ4v) is 3.13. The molecule has 0 amide bonds. The van der Waals surface area contributed by atoms with E-state index in [1.165, 1.54) is 6.07 Å². The third-order valence-corrected chi connectivity index (χ3v) is 4.65. The molecular weight excluding hydrogens is 340 g/mol. The highest BCUT2D eigenvalue weighted by Gasteiger charge is 2.28. The second-order valence-electron chi connectivity index (χ2n) is 9.09. The Morgan fingerprint density at radius 1 is 0.852 bits per heavy atom. The molecule has 0 spiro atoms. The van der Waals surface area contributed by atoms with Crippen LogP contribution in [0.15, 0.2) is 36.4 Å². The van der Waals surface area contributed by atoms with E-state index in [-0.39, 0.29) is 22.3 Å². The van der Waals surface area contributed by atoms with Gasteiger partial charge in [0, 0.05) is 11.6 Å². The van der Waals surface area contributed by atoms with Crippen LogP contribution in [0.5, 0.6) is 17.2 Å². The highest BCUT2D eigenvalue weighted by molar-refractivity contribution is 5.81. The van der Waals surface area contributed by atoms with Crippen LogP contribution in [0.25, 0.3) is 0 Å². The maximum absolute atomic E-state index is 12.9. The smallest absolute Gasteiger partial charge is 0.318 e. The van der Waals surface area contributed by atoms with E-state index in [1.807, 2.05) is 26.8 Å². The minimum atomic E-state index is -0.568. The molecule has 0 saturated heterocycles. The molecular formula is C23H30O4. The molecule has 0 bridgehead atoms. The minimum absolute atomic E-state index is 0.0474. The van der Waals surface area contributed by atoms with Crippen LogP contribution in [0.1, 0.15) is 71.1 Å². The average molecular weight is 370 g/mol. The van der Waals surface area contributed by atoms with Gasteiger partial charge in [-0.15, -0.1) is 0 Å². The zero-order valence-corrected chi connectivity index (χ0v) is 17.3. The summed E-state index contributed by atoms with van der Waals surface area (Å²) in [4.78, 5) is 12.9. The Bertz CT molecular complexity index is 838. The number of esters is 1. The van der Waals surface area contributed by atoms with Crippen LogP contribution in [-0.4, -0.2) is 16.2 Å². The van der Waals surface area contributed by atoms with Gasteiger partial charge in [0.25, 0.3) is 0 Å². The van der Waals surface area contributed by atoms with Crippen LogP contribution in [0.4, 0.5) is 0 Å². The number of rotatable bonds is 3. The van der Waals surface area contributed by atoms with Gasteiger partial charge < -0.3 is 14.9 Å². The van der Waals surface area contributed by atoms with E-state index in [9.17, 15) is 15.0 Å². The molecule has 4 heteroatoms. The van der Waals surface area contributed by atoms with Crippen LogP contribution in [-0.2, 0) is 15.6 Å². The molecule has 2 aromatic carbocycles. The minimum Gasteiger partial charge on any atom is -0.508 e. The Labute approximate surface area is 161 Å². The molecule has 0 fully saturated rings. The van der Waals surface area contributed by atoms with Crippen LogP contribution in [0.2, 0.25) is 0 Å².